The largest absolute Gasteiger partial charge is 0.394 e. The van der Waals surface area contributed by atoms with Gasteiger partial charge in [-0.05, 0) is 49.5 Å². The van der Waals surface area contributed by atoms with E-state index in [1.165, 1.54) is 18.4 Å². The van der Waals surface area contributed by atoms with Gasteiger partial charge in [-0.2, -0.15) is 0 Å². The van der Waals surface area contributed by atoms with Crippen LogP contribution < -0.4 is 5.32 Å². The summed E-state index contributed by atoms with van der Waals surface area (Å²) in [7, 11) is 0. The molecule has 21 heavy (non-hydrogen) atoms. The Kier molecular flexibility index (Phi) is 6.24. The lowest BCUT2D eigenvalue weighted by Gasteiger charge is -2.28. The first-order valence-corrected chi connectivity index (χ1v) is 8.18. The molecule has 2 rings (SSSR count). The van der Waals surface area contributed by atoms with Crippen molar-refractivity contribution < 1.29 is 9.90 Å². The number of amides is 1. The molecule has 1 aliphatic carbocycles. The first kappa shape index (κ1) is 16.0. The van der Waals surface area contributed by atoms with Gasteiger partial charge in [0.25, 0.3) is 0 Å². The number of carbonyl (C=O) groups is 1. The van der Waals surface area contributed by atoms with E-state index in [2.05, 4.69) is 35.6 Å². The third-order valence-electron chi connectivity index (χ3n) is 4.67. The Morgan fingerprint density at radius 3 is 2.48 bits per heavy atom. The number of nitrogens with one attached hydrogen (secondary N) is 1. The molecule has 0 aliphatic heterocycles. The van der Waals surface area contributed by atoms with Crippen LogP contribution in [0.1, 0.15) is 56.9 Å². The zero-order chi connectivity index (χ0) is 15.1. The molecule has 2 N–H and O–H groups in total. The monoisotopic (exact) mass is 289 g/mol. The lowest BCUT2D eigenvalue weighted by molar-refractivity contribution is -0.123. The highest BCUT2D eigenvalue weighted by Gasteiger charge is 2.24. The first-order chi connectivity index (χ1) is 10.2. The molecule has 0 spiro atoms. The van der Waals surface area contributed by atoms with Crippen molar-refractivity contribution in [1.29, 1.82) is 0 Å². The number of carbonyl (C=O) groups excluding carboxylic acids is 1. The highest BCUT2D eigenvalue weighted by Crippen LogP contribution is 2.36. The molecule has 1 unspecified atom stereocenters. The van der Waals surface area contributed by atoms with Crippen molar-refractivity contribution in [1.82, 2.24) is 5.32 Å². The van der Waals surface area contributed by atoms with Crippen molar-refractivity contribution in [3.63, 3.8) is 0 Å². The second-order valence-electron chi connectivity index (χ2n) is 6.19. The van der Waals surface area contributed by atoms with Crippen LogP contribution in [0.4, 0.5) is 0 Å². The zero-order valence-corrected chi connectivity index (χ0v) is 12.9. The second kappa shape index (κ2) is 8.18. The first-order valence-electron chi connectivity index (χ1n) is 8.18. The van der Waals surface area contributed by atoms with E-state index in [4.69, 9.17) is 5.11 Å². The number of aliphatic hydroxyl groups is 1. The SMILES string of the molecule is CCC(CO)NC(=O)CC1CCC(c2ccccc2)CC1. The highest BCUT2D eigenvalue weighted by atomic mass is 16.3. The molecule has 0 bridgehead atoms. The van der Waals surface area contributed by atoms with Crippen LogP contribution in [0.15, 0.2) is 30.3 Å². The molecular weight excluding hydrogens is 262 g/mol. The summed E-state index contributed by atoms with van der Waals surface area (Å²) >= 11 is 0. The summed E-state index contributed by atoms with van der Waals surface area (Å²) in [6.45, 7) is 2.01. The van der Waals surface area contributed by atoms with Gasteiger partial charge in [-0.15, -0.1) is 0 Å². The fourth-order valence-corrected chi connectivity index (χ4v) is 3.25. The molecule has 0 heterocycles. The van der Waals surface area contributed by atoms with E-state index in [0.717, 1.165) is 19.3 Å². The Morgan fingerprint density at radius 2 is 1.90 bits per heavy atom. The van der Waals surface area contributed by atoms with Crippen molar-refractivity contribution >= 4 is 5.91 Å². The van der Waals surface area contributed by atoms with Gasteiger partial charge in [0.1, 0.15) is 0 Å². The van der Waals surface area contributed by atoms with Crippen LogP contribution in [0.5, 0.6) is 0 Å². The molecule has 0 saturated heterocycles. The Bertz CT molecular complexity index is 420. The Labute approximate surface area is 127 Å². The van der Waals surface area contributed by atoms with E-state index in [0.29, 0.717) is 18.3 Å². The number of hydrogen-bond donors (Lipinski definition) is 2. The normalized spacial score (nSPS) is 23.5. The van der Waals surface area contributed by atoms with Crippen LogP contribution in [0, 0.1) is 5.92 Å². The third-order valence-corrected chi connectivity index (χ3v) is 4.67. The van der Waals surface area contributed by atoms with Crippen molar-refractivity contribution in [3.05, 3.63) is 35.9 Å². The molecule has 1 fully saturated rings. The minimum atomic E-state index is -0.0850. The van der Waals surface area contributed by atoms with Crippen LogP contribution in [-0.2, 0) is 4.79 Å². The quantitative estimate of drug-likeness (QED) is 0.844. The fourth-order valence-electron chi connectivity index (χ4n) is 3.25. The van der Waals surface area contributed by atoms with Gasteiger partial charge in [0.2, 0.25) is 5.91 Å². The summed E-state index contributed by atoms with van der Waals surface area (Å²) in [5.41, 5.74) is 1.44. The molecule has 1 atom stereocenters. The van der Waals surface area contributed by atoms with Gasteiger partial charge in [0.15, 0.2) is 0 Å². The average molecular weight is 289 g/mol. The van der Waals surface area contributed by atoms with Crippen molar-refractivity contribution in [3.8, 4) is 0 Å². The zero-order valence-electron chi connectivity index (χ0n) is 12.9. The van der Waals surface area contributed by atoms with E-state index in [-0.39, 0.29) is 18.6 Å². The summed E-state index contributed by atoms with van der Waals surface area (Å²) in [4.78, 5) is 12.0. The predicted octanol–water partition coefficient (Wildman–Crippen LogP) is 3.24. The maximum absolute atomic E-state index is 12.0. The molecule has 0 aromatic heterocycles. The smallest absolute Gasteiger partial charge is 0.220 e. The van der Waals surface area contributed by atoms with Crippen LogP contribution in [0.2, 0.25) is 0 Å². The summed E-state index contributed by atoms with van der Waals surface area (Å²) in [5.74, 6) is 1.26. The molecule has 1 amide bonds. The average Bonchev–Trinajstić information content (AvgIpc) is 2.54. The highest BCUT2D eigenvalue weighted by molar-refractivity contribution is 5.76. The number of rotatable bonds is 6. The number of aliphatic hydroxyl groups excluding tert-OH is 1. The maximum Gasteiger partial charge on any atom is 0.220 e. The molecule has 0 radical (unpaired) electrons. The van der Waals surface area contributed by atoms with Crippen molar-refractivity contribution in [2.45, 2.75) is 57.4 Å². The lowest BCUT2D eigenvalue weighted by Crippen LogP contribution is -2.38. The number of benzene rings is 1. The molecule has 1 aromatic rings. The van der Waals surface area contributed by atoms with Gasteiger partial charge in [-0.25, -0.2) is 0 Å². The summed E-state index contributed by atoms with van der Waals surface area (Å²) < 4.78 is 0. The van der Waals surface area contributed by atoms with Crippen molar-refractivity contribution in [2.75, 3.05) is 6.61 Å². The molecular formula is C18H27NO2. The third kappa shape index (κ3) is 4.85. The lowest BCUT2D eigenvalue weighted by atomic mass is 9.77. The van der Waals surface area contributed by atoms with Gasteiger partial charge in [0.05, 0.1) is 12.6 Å². The van der Waals surface area contributed by atoms with Crippen molar-refractivity contribution in [2.24, 2.45) is 5.92 Å². The Hall–Kier alpha value is -1.35. The summed E-state index contributed by atoms with van der Waals surface area (Å²) in [6.07, 6.45) is 6.01. The predicted molar refractivity (Wildman–Crippen MR) is 85.1 cm³/mol. The van der Waals surface area contributed by atoms with Crippen LogP contribution >= 0.6 is 0 Å². The fraction of sp³-hybridized carbons (Fsp3) is 0.611. The Morgan fingerprint density at radius 1 is 1.24 bits per heavy atom. The minimum Gasteiger partial charge on any atom is -0.394 e. The standard InChI is InChI=1S/C18H27NO2/c1-2-17(13-20)19-18(21)12-14-8-10-16(11-9-14)15-6-4-3-5-7-15/h3-7,14,16-17,20H,2,8-13H2,1H3,(H,19,21). The van der Waals surface area contributed by atoms with E-state index < -0.39 is 0 Å². The molecule has 1 aliphatic rings. The van der Waals surface area contributed by atoms with Crippen LogP contribution in [0.3, 0.4) is 0 Å². The van der Waals surface area contributed by atoms with E-state index in [1.54, 1.807) is 0 Å². The Balaban J connectivity index is 1.75. The van der Waals surface area contributed by atoms with Gasteiger partial charge in [-0.3, -0.25) is 4.79 Å². The summed E-state index contributed by atoms with van der Waals surface area (Å²) in [5, 5.41) is 12.0. The van der Waals surface area contributed by atoms with Gasteiger partial charge < -0.3 is 10.4 Å². The van der Waals surface area contributed by atoms with Crippen LogP contribution in [0.25, 0.3) is 0 Å². The molecule has 3 nitrogen and oxygen atoms in total. The van der Waals surface area contributed by atoms with E-state index in [1.807, 2.05) is 6.92 Å². The molecule has 1 aromatic carbocycles. The molecule has 1 saturated carbocycles. The van der Waals surface area contributed by atoms with Gasteiger partial charge in [-0.1, -0.05) is 37.3 Å². The van der Waals surface area contributed by atoms with Crippen LogP contribution in [-0.4, -0.2) is 23.7 Å². The second-order valence-corrected chi connectivity index (χ2v) is 6.19. The van der Waals surface area contributed by atoms with E-state index in [9.17, 15) is 4.79 Å². The minimum absolute atomic E-state index is 0.0307. The molecule has 3 heteroatoms. The molecule has 116 valence electrons. The summed E-state index contributed by atoms with van der Waals surface area (Å²) in [6, 6.07) is 10.6. The topological polar surface area (TPSA) is 49.3 Å². The van der Waals surface area contributed by atoms with Gasteiger partial charge in [0, 0.05) is 6.42 Å². The van der Waals surface area contributed by atoms with Gasteiger partial charge >= 0.3 is 0 Å². The van der Waals surface area contributed by atoms with E-state index >= 15 is 0 Å². The maximum atomic E-state index is 12.0. The number of hydrogen-bond acceptors (Lipinski definition) is 2.